The van der Waals surface area contributed by atoms with Crippen molar-refractivity contribution in [3.63, 3.8) is 0 Å². The summed E-state index contributed by atoms with van der Waals surface area (Å²) in [4.78, 5) is 35.1. The first-order chi connectivity index (χ1) is 7.84. The zero-order valence-corrected chi connectivity index (χ0v) is 10.5. The van der Waals surface area contributed by atoms with Crippen LogP contribution in [0, 0.1) is 0 Å². The smallest absolute Gasteiger partial charge is 0.331 e. The maximum absolute atomic E-state index is 11.9. The number of nitrogens with one attached hydrogen (secondary N) is 1. The molecule has 0 aliphatic carbocycles. The topological polar surface area (TPSA) is 86.7 Å². The Labute approximate surface area is 100 Å². The summed E-state index contributed by atoms with van der Waals surface area (Å²) in [6.45, 7) is 4.80. The lowest BCUT2D eigenvalue weighted by Crippen LogP contribution is -2.40. The number of carbonyl (C=O) groups is 3. The van der Waals surface area contributed by atoms with Crippen molar-refractivity contribution in [2.75, 3.05) is 20.1 Å². The van der Waals surface area contributed by atoms with Gasteiger partial charge in [-0.25, -0.2) is 4.79 Å². The van der Waals surface area contributed by atoms with Crippen LogP contribution in [0.1, 0.15) is 20.8 Å². The minimum Gasteiger partial charge on any atom is -0.478 e. The van der Waals surface area contributed by atoms with Gasteiger partial charge >= 0.3 is 5.97 Å². The van der Waals surface area contributed by atoms with Crippen LogP contribution in [0.15, 0.2) is 11.1 Å². The summed E-state index contributed by atoms with van der Waals surface area (Å²) in [6.07, 6.45) is 0. The van der Waals surface area contributed by atoms with Gasteiger partial charge in [-0.3, -0.25) is 9.59 Å². The Bertz CT molecular complexity index is 360. The van der Waals surface area contributed by atoms with E-state index in [1.54, 1.807) is 6.92 Å². The number of nitrogens with zero attached hydrogens (tertiary/aromatic N) is 1. The molecule has 6 heteroatoms. The molecule has 2 amide bonds. The molecule has 0 aromatic carbocycles. The molecule has 0 spiro atoms. The molecule has 0 aromatic heterocycles. The predicted octanol–water partition coefficient (Wildman–Crippen LogP) is 0.00190. The molecule has 17 heavy (non-hydrogen) atoms. The van der Waals surface area contributed by atoms with Crippen molar-refractivity contribution < 1.29 is 19.5 Å². The van der Waals surface area contributed by atoms with E-state index in [1.807, 2.05) is 0 Å². The third kappa shape index (κ3) is 4.26. The number of carbonyl (C=O) groups excluding carboxylic acids is 2. The minimum atomic E-state index is -1.13. The van der Waals surface area contributed by atoms with Gasteiger partial charge in [-0.15, -0.1) is 0 Å². The highest BCUT2D eigenvalue weighted by molar-refractivity contribution is 6.02. The van der Waals surface area contributed by atoms with Gasteiger partial charge in [0, 0.05) is 24.7 Å². The maximum Gasteiger partial charge on any atom is 0.331 e. The fraction of sp³-hybridized carbons (Fsp3) is 0.545. The van der Waals surface area contributed by atoms with E-state index in [0.29, 0.717) is 6.54 Å². The second-order valence-corrected chi connectivity index (χ2v) is 3.55. The summed E-state index contributed by atoms with van der Waals surface area (Å²) in [5.41, 5.74) is 0.133. The van der Waals surface area contributed by atoms with Gasteiger partial charge in [-0.05, 0) is 20.8 Å². The van der Waals surface area contributed by atoms with Crippen molar-refractivity contribution in [1.29, 1.82) is 0 Å². The summed E-state index contributed by atoms with van der Waals surface area (Å²) in [6, 6.07) is 0. The van der Waals surface area contributed by atoms with Crippen LogP contribution < -0.4 is 5.32 Å². The summed E-state index contributed by atoms with van der Waals surface area (Å²) in [5, 5.41) is 11.2. The average molecular weight is 242 g/mol. The number of hydrogen-bond acceptors (Lipinski definition) is 3. The Hall–Kier alpha value is -1.85. The number of likely N-dealkylation sites (N-methyl/N-ethyl adjacent to an activating group) is 2. The van der Waals surface area contributed by atoms with E-state index >= 15 is 0 Å². The van der Waals surface area contributed by atoms with Crippen molar-refractivity contribution in [3.8, 4) is 0 Å². The molecule has 0 saturated carbocycles. The lowest BCUT2D eigenvalue weighted by Gasteiger charge is -2.20. The van der Waals surface area contributed by atoms with Gasteiger partial charge in [-0.2, -0.15) is 0 Å². The van der Waals surface area contributed by atoms with E-state index in [2.05, 4.69) is 5.32 Å². The number of rotatable bonds is 5. The van der Waals surface area contributed by atoms with Crippen molar-refractivity contribution in [1.82, 2.24) is 10.2 Å². The molecule has 2 N–H and O–H groups in total. The first kappa shape index (κ1) is 15.2. The highest BCUT2D eigenvalue weighted by Gasteiger charge is 2.19. The standard InChI is InChI=1S/C11H18N2O4/c1-5-13(6-9(14)12-4)10(15)7(2)8(3)11(16)17/h5-6H2,1-4H3,(H,12,14)(H,16,17)/b8-7-. The number of amides is 2. The van der Waals surface area contributed by atoms with E-state index in [-0.39, 0.29) is 23.6 Å². The van der Waals surface area contributed by atoms with Crippen LogP contribution in [-0.2, 0) is 14.4 Å². The molecule has 0 radical (unpaired) electrons. The quantitative estimate of drug-likeness (QED) is 0.664. The highest BCUT2D eigenvalue weighted by Crippen LogP contribution is 2.08. The molecular formula is C11H18N2O4. The third-order valence-corrected chi connectivity index (χ3v) is 2.49. The molecule has 0 fully saturated rings. The van der Waals surface area contributed by atoms with Gasteiger partial charge in [0.05, 0.1) is 6.54 Å². The number of carboxylic acids is 1. The molecule has 0 heterocycles. The molecule has 0 aliphatic rings. The Morgan fingerprint density at radius 1 is 1.18 bits per heavy atom. The predicted molar refractivity (Wildman–Crippen MR) is 62.3 cm³/mol. The van der Waals surface area contributed by atoms with Crippen molar-refractivity contribution >= 4 is 17.8 Å². The molecule has 0 aromatic rings. The normalized spacial score (nSPS) is 11.5. The van der Waals surface area contributed by atoms with Crippen molar-refractivity contribution in [3.05, 3.63) is 11.1 Å². The maximum atomic E-state index is 11.9. The number of carboxylic acid groups (broad SMARTS) is 1. The van der Waals surface area contributed by atoms with Crippen molar-refractivity contribution in [2.24, 2.45) is 0 Å². The summed E-state index contributed by atoms with van der Waals surface area (Å²) in [5.74, 6) is -1.86. The van der Waals surface area contributed by atoms with Gasteiger partial charge in [0.1, 0.15) is 0 Å². The summed E-state index contributed by atoms with van der Waals surface area (Å²) >= 11 is 0. The Morgan fingerprint density at radius 3 is 2.06 bits per heavy atom. The Kier molecular flexibility index (Phi) is 5.95. The molecule has 0 saturated heterocycles. The number of aliphatic carboxylic acids is 1. The van der Waals surface area contributed by atoms with Crippen LogP contribution in [0.25, 0.3) is 0 Å². The summed E-state index contributed by atoms with van der Waals surface area (Å²) in [7, 11) is 1.48. The second-order valence-electron chi connectivity index (χ2n) is 3.55. The van der Waals surface area contributed by atoms with Crippen molar-refractivity contribution in [2.45, 2.75) is 20.8 Å². The monoisotopic (exact) mass is 242 g/mol. The highest BCUT2D eigenvalue weighted by atomic mass is 16.4. The van der Waals surface area contributed by atoms with Gasteiger partial charge in [0.15, 0.2) is 0 Å². The molecule has 6 nitrogen and oxygen atoms in total. The van der Waals surface area contributed by atoms with Crippen LogP contribution in [0.2, 0.25) is 0 Å². The zero-order chi connectivity index (χ0) is 13.6. The minimum absolute atomic E-state index is 0.00893. The van der Waals surface area contributed by atoms with Gasteiger partial charge in [0.25, 0.3) is 0 Å². The number of hydrogen-bond donors (Lipinski definition) is 2. The van der Waals surface area contributed by atoms with Gasteiger partial charge in [-0.1, -0.05) is 0 Å². The third-order valence-electron chi connectivity index (χ3n) is 2.49. The van der Waals surface area contributed by atoms with E-state index in [4.69, 9.17) is 5.11 Å². The molecule has 0 atom stereocenters. The van der Waals surface area contributed by atoms with Crippen LogP contribution >= 0.6 is 0 Å². The molecule has 96 valence electrons. The fourth-order valence-electron chi connectivity index (χ4n) is 1.14. The Balaban J connectivity index is 4.94. The largest absolute Gasteiger partial charge is 0.478 e. The first-order valence-electron chi connectivity index (χ1n) is 5.25. The SMILES string of the molecule is CCN(CC(=O)NC)C(=O)/C(C)=C(/C)C(=O)O. The molecule has 0 bridgehead atoms. The lowest BCUT2D eigenvalue weighted by atomic mass is 10.1. The zero-order valence-electron chi connectivity index (χ0n) is 10.5. The Morgan fingerprint density at radius 2 is 1.71 bits per heavy atom. The van der Waals surface area contributed by atoms with Crippen LogP contribution in [0.3, 0.4) is 0 Å². The van der Waals surface area contributed by atoms with E-state index in [9.17, 15) is 14.4 Å². The lowest BCUT2D eigenvalue weighted by molar-refractivity contribution is -0.134. The van der Waals surface area contributed by atoms with Crippen LogP contribution in [-0.4, -0.2) is 47.9 Å². The molecule has 0 aliphatic heterocycles. The van der Waals surface area contributed by atoms with Gasteiger partial charge in [0.2, 0.25) is 11.8 Å². The van der Waals surface area contributed by atoms with E-state index < -0.39 is 11.9 Å². The average Bonchev–Trinajstić information content (AvgIpc) is 2.32. The fourth-order valence-corrected chi connectivity index (χ4v) is 1.14. The van der Waals surface area contributed by atoms with E-state index in [0.717, 1.165) is 0 Å². The first-order valence-corrected chi connectivity index (χ1v) is 5.25. The molecule has 0 rings (SSSR count). The van der Waals surface area contributed by atoms with Crippen LogP contribution in [0.4, 0.5) is 0 Å². The molecule has 0 unspecified atom stereocenters. The second kappa shape index (κ2) is 6.67. The molecular weight excluding hydrogens is 224 g/mol. The van der Waals surface area contributed by atoms with E-state index in [1.165, 1.54) is 25.8 Å². The summed E-state index contributed by atoms with van der Waals surface area (Å²) < 4.78 is 0. The van der Waals surface area contributed by atoms with Crippen LogP contribution in [0.5, 0.6) is 0 Å². The van der Waals surface area contributed by atoms with Gasteiger partial charge < -0.3 is 15.3 Å².